The fourth-order valence-electron chi connectivity index (χ4n) is 10.3. The second-order valence-corrected chi connectivity index (χ2v) is 14.5. The third kappa shape index (κ3) is 3.61. The Balaban J connectivity index is 1.66. The number of allylic oxidation sites excluding steroid dienone is 2. The summed E-state index contributed by atoms with van der Waals surface area (Å²) in [5.74, 6) is 1.31. The summed E-state index contributed by atoms with van der Waals surface area (Å²) >= 11 is 0. The Kier molecular flexibility index (Phi) is 6.28. The molecule has 4 rings (SSSR count). The van der Waals surface area contributed by atoms with Crippen molar-refractivity contribution >= 4 is 0 Å². The lowest BCUT2D eigenvalue weighted by Gasteiger charge is -2.70. The highest BCUT2D eigenvalue weighted by Gasteiger charge is 2.71. The molecule has 0 aromatic carbocycles. The van der Waals surface area contributed by atoms with Gasteiger partial charge in [-0.05, 0) is 124 Å². The predicted octanol–water partition coefficient (Wildman–Crippen LogP) is 6.50. The van der Waals surface area contributed by atoms with Crippen molar-refractivity contribution in [1.82, 2.24) is 0 Å². The minimum absolute atomic E-state index is 0.0503. The van der Waals surface area contributed by atoms with Gasteiger partial charge in [-0.25, -0.2) is 0 Å². The number of rotatable bonds is 4. The predicted molar refractivity (Wildman–Crippen MR) is 136 cm³/mol. The molecule has 33 heavy (non-hydrogen) atoms. The molecule has 0 heterocycles. The fraction of sp³-hybridized carbons (Fsp3) is 0.933. The van der Waals surface area contributed by atoms with E-state index in [1.54, 1.807) is 0 Å². The van der Waals surface area contributed by atoms with E-state index in [4.69, 9.17) is 0 Å². The van der Waals surface area contributed by atoms with Gasteiger partial charge in [0.2, 0.25) is 0 Å². The average Bonchev–Trinajstić information content (AvgIpc) is 3.08. The van der Waals surface area contributed by atoms with E-state index in [9.17, 15) is 15.3 Å². The highest BCUT2D eigenvalue weighted by atomic mass is 16.3. The Morgan fingerprint density at radius 1 is 0.909 bits per heavy atom. The van der Waals surface area contributed by atoms with E-state index in [0.29, 0.717) is 11.8 Å². The maximum Gasteiger partial charge on any atom is 0.0654 e. The quantitative estimate of drug-likeness (QED) is 0.420. The van der Waals surface area contributed by atoms with Gasteiger partial charge in [0.1, 0.15) is 0 Å². The number of aliphatic hydroxyl groups is 3. The summed E-state index contributed by atoms with van der Waals surface area (Å²) in [6.07, 6.45) is 10.6. The van der Waals surface area contributed by atoms with E-state index in [1.165, 1.54) is 18.4 Å². The summed E-state index contributed by atoms with van der Waals surface area (Å²) in [6, 6.07) is 0. The first-order chi connectivity index (χ1) is 15.1. The maximum atomic E-state index is 11.8. The van der Waals surface area contributed by atoms with Gasteiger partial charge >= 0.3 is 0 Å². The van der Waals surface area contributed by atoms with Crippen LogP contribution in [-0.4, -0.2) is 33.1 Å². The third-order valence-electron chi connectivity index (χ3n) is 12.4. The van der Waals surface area contributed by atoms with Crippen LogP contribution in [0.1, 0.15) is 113 Å². The molecule has 3 heteroatoms. The highest BCUT2D eigenvalue weighted by molar-refractivity contribution is 5.20. The zero-order valence-electron chi connectivity index (χ0n) is 22.7. The number of fused-ring (bicyclic) bond motifs is 5. The molecule has 0 saturated heterocycles. The van der Waals surface area contributed by atoms with Crippen LogP contribution in [0.25, 0.3) is 0 Å². The summed E-state index contributed by atoms with van der Waals surface area (Å²) in [5, 5.41) is 34.3. The SMILES string of the molecule is CC(C)=CCCC(C)(O)C1CCC2(C)C1C(O)CC1C3(C)CC[C@@H](O)C(C)(C)C3CCC12C. The zero-order valence-corrected chi connectivity index (χ0v) is 22.7. The topological polar surface area (TPSA) is 60.7 Å². The van der Waals surface area contributed by atoms with Crippen LogP contribution in [-0.2, 0) is 0 Å². The molecule has 0 aromatic heterocycles. The van der Waals surface area contributed by atoms with Crippen molar-refractivity contribution in [3.63, 3.8) is 0 Å². The molecule has 0 aliphatic heterocycles. The number of hydrogen-bond acceptors (Lipinski definition) is 3. The molecule has 10 atom stereocenters. The van der Waals surface area contributed by atoms with Gasteiger partial charge in [0.05, 0.1) is 17.8 Å². The molecule has 4 aliphatic carbocycles. The number of aliphatic hydroxyl groups excluding tert-OH is 2. The molecular formula is C30H52O3. The van der Waals surface area contributed by atoms with Gasteiger partial charge in [-0.1, -0.05) is 46.3 Å². The molecule has 0 bridgehead atoms. The molecule has 4 aliphatic rings. The average molecular weight is 461 g/mol. The van der Waals surface area contributed by atoms with E-state index in [0.717, 1.165) is 44.9 Å². The van der Waals surface area contributed by atoms with E-state index in [1.807, 2.05) is 6.92 Å². The van der Waals surface area contributed by atoms with Gasteiger partial charge in [-0.2, -0.15) is 0 Å². The lowest BCUT2D eigenvalue weighted by Crippen LogP contribution is -2.66. The van der Waals surface area contributed by atoms with Crippen LogP contribution in [0.5, 0.6) is 0 Å². The molecule has 0 spiro atoms. The Labute approximate surface area is 203 Å². The van der Waals surface area contributed by atoms with Gasteiger partial charge in [0, 0.05) is 0 Å². The van der Waals surface area contributed by atoms with Crippen LogP contribution in [0.3, 0.4) is 0 Å². The summed E-state index contributed by atoms with van der Waals surface area (Å²) in [5.41, 5.74) is 0.885. The normalized spacial score (nSPS) is 50.5. The van der Waals surface area contributed by atoms with E-state index in [2.05, 4.69) is 54.5 Å². The smallest absolute Gasteiger partial charge is 0.0654 e. The molecular weight excluding hydrogens is 408 g/mol. The summed E-state index contributed by atoms with van der Waals surface area (Å²) in [7, 11) is 0. The van der Waals surface area contributed by atoms with Crippen molar-refractivity contribution in [3.8, 4) is 0 Å². The Morgan fingerprint density at radius 2 is 1.55 bits per heavy atom. The minimum Gasteiger partial charge on any atom is -0.393 e. The number of hydrogen-bond donors (Lipinski definition) is 3. The van der Waals surface area contributed by atoms with Gasteiger partial charge in [-0.3, -0.25) is 0 Å². The second kappa shape index (κ2) is 8.07. The van der Waals surface area contributed by atoms with Gasteiger partial charge in [-0.15, -0.1) is 0 Å². The standard InChI is InChI=1S/C30H52O3/c1-19(2)10-9-14-30(8,33)20-11-16-29(7)25(20)21(31)18-23-27(5)15-13-24(32)26(3,4)22(27)12-17-28(23,29)6/h10,20-25,31-33H,9,11-18H2,1-8H3/t20?,21?,22?,23?,24-,25?,27?,28?,29?,30?/m1/s1. The van der Waals surface area contributed by atoms with Crippen LogP contribution in [0, 0.1) is 45.3 Å². The molecule has 4 fully saturated rings. The summed E-state index contributed by atoms with van der Waals surface area (Å²) < 4.78 is 0. The lowest BCUT2D eigenvalue weighted by atomic mass is 9.35. The highest BCUT2D eigenvalue weighted by Crippen LogP contribution is 2.75. The fourth-order valence-corrected chi connectivity index (χ4v) is 10.3. The molecule has 0 radical (unpaired) electrons. The second-order valence-electron chi connectivity index (χ2n) is 14.5. The molecule has 9 unspecified atom stereocenters. The Morgan fingerprint density at radius 3 is 2.18 bits per heavy atom. The van der Waals surface area contributed by atoms with Crippen molar-refractivity contribution in [2.45, 2.75) is 131 Å². The van der Waals surface area contributed by atoms with Crippen LogP contribution in [0.15, 0.2) is 11.6 Å². The Bertz CT molecular complexity index is 779. The monoisotopic (exact) mass is 460 g/mol. The van der Waals surface area contributed by atoms with E-state index < -0.39 is 5.60 Å². The summed E-state index contributed by atoms with van der Waals surface area (Å²) in [4.78, 5) is 0. The molecule has 3 nitrogen and oxygen atoms in total. The van der Waals surface area contributed by atoms with Crippen molar-refractivity contribution in [2.24, 2.45) is 45.3 Å². The van der Waals surface area contributed by atoms with Crippen molar-refractivity contribution in [2.75, 3.05) is 0 Å². The molecule has 4 saturated carbocycles. The first-order valence-electron chi connectivity index (χ1n) is 13.8. The van der Waals surface area contributed by atoms with Gasteiger partial charge in [0.25, 0.3) is 0 Å². The summed E-state index contributed by atoms with van der Waals surface area (Å²) in [6.45, 7) is 18.3. The molecule has 3 N–H and O–H groups in total. The van der Waals surface area contributed by atoms with Crippen LogP contribution >= 0.6 is 0 Å². The van der Waals surface area contributed by atoms with E-state index in [-0.39, 0.29) is 45.7 Å². The van der Waals surface area contributed by atoms with Gasteiger partial charge in [0.15, 0.2) is 0 Å². The van der Waals surface area contributed by atoms with Crippen molar-refractivity contribution in [3.05, 3.63) is 11.6 Å². The van der Waals surface area contributed by atoms with Crippen LogP contribution in [0.4, 0.5) is 0 Å². The first kappa shape index (κ1) is 25.7. The molecule has 0 aromatic rings. The third-order valence-corrected chi connectivity index (χ3v) is 12.4. The van der Waals surface area contributed by atoms with Crippen molar-refractivity contribution < 1.29 is 15.3 Å². The van der Waals surface area contributed by atoms with Gasteiger partial charge < -0.3 is 15.3 Å². The van der Waals surface area contributed by atoms with Crippen LogP contribution in [0.2, 0.25) is 0 Å². The minimum atomic E-state index is -0.739. The molecule has 190 valence electrons. The van der Waals surface area contributed by atoms with Crippen LogP contribution < -0.4 is 0 Å². The van der Waals surface area contributed by atoms with E-state index >= 15 is 0 Å². The first-order valence-corrected chi connectivity index (χ1v) is 13.8. The van der Waals surface area contributed by atoms with Crippen molar-refractivity contribution in [1.29, 1.82) is 0 Å². The largest absolute Gasteiger partial charge is 0.393 e. The molecule has 0 amide bonds. The lowest BCUT2D eigenvalue weighted by molar-refractivity contribution is -0.246. The Hall–Kier alpha value is -0.380. The maximum absolute atomic E-state index is 11.8. The zero-order chi connectivity index (χ0) is 24.6.